The molecule has 2 heteroatoms. The van der Waals surface area contributed by atoms with Crippen LogP contribution in [0.4, 0.5) is 0 Å². The third-order valence-electron chi connectivity index (χ3n) is 5.70. The molecule has 1 saturated heterocycles. The van der Waals surface area contributed by atoms with Gasteiger partial charge in [0.1, 0.15) is 0 Å². The Hall–Kier alpha value is -0.0800. The maximum atomic E-state index is 6.29. The van der Waals surface area contributed by atoms with Crippen molar-refractivity contribution in [1.82, 2.24) is 5.32 Å². The molecule has 1 heterocycles. The molecule has 0 aromatic rings. The monoisotopic (exact) mass is 251 g/mol. The van der Waals surface area contributed by atoms with Gasteiger partial charge in [0.25, 0.3) is 0 Å². The van der Waals surface area contributed by atoms with E-state index >= 15 is 0 Å². The van der Waals surface area contributed by atoms with Crippen LogP contribution in [-0.2, 0) is 4.74 Å². The van der Waals surface area contributed by atoms with E-state index in [2.05, 4.69) is 40.1 Å². The van der Waals surface area contributed by atoms with Crippen LogP contribution in [0.3, 0.4) is 0 Å². The summed E-state index contributed by atoms with van der Waals surface area (Å²) >= 11 is 0. The summed E-state index contributed by atoms with van der Waals surface area (Å²) < 4.78 is 6.29. The van der Waals surface area contributed by atoms with E-state index in [0.717, 1.165) is 17.8 Å². The Kier molecular flexibility index (Phi) is 2.84. The van der Waals surface area contributed by atoms with Crippen molar-refractivity contribution >= 4 is 0 Å². The lowest BCUT2D eigenvalue weighted by atomic mass is 9.75. The van der Waals surface area contributed by atoms with Crippen molar-refractivity contribution in [2.45, 2.75) is 70.6 Å². The van der Waals surface area contributed by atoms with Crippen molar-refractivity contribution in [3.05, 3.63) is 0 Å². The molecule has 3 fully saturated rings. The van der Waals surface area contributed by atoms with Crippen molar-refractivity contribution in [2.24, 2.45) is 23.7 Å². The maximum absolute atomic E-state index is 6.29. The van der Waals surface area contributed by atoms with Gasteiger partial charge >= 0.3 is 0 Å². The zero-order valence-electron chi connectivity index (χ0n) is 12.6. The van der Waals surface area contributed by atoms with Gasteiger partial charge in [0, 0.05) is 12.0 Å². The third-order valence-corrected chi connectivity index (χ3v) is 5.70. The summed E-state index contributed by atoms with van der Waals surface area (Å²) in [5.41, 5.74) is 0.0642. The Morgan fingerprint density at radius 1 is 1.06 bits per heavy atom. The number of nitrogens with one attached hydrogen (secondary N) is 1. The van der Waals surface area contributed by atoms with Crippen molar-refractivity contribution in [3.63, 3.8) is 0 Å². The lowest BCUT2D eigenvalue weighted by molar-refractivity contribution is -0.0794. The molecule has 0 aromatic carbocycles. The Morgan fingerprint density at radius 3 is 2.11 bits per heavy atom. The molecule has 0 spiro atoms. The Bertz CT molecular complexity index is 326. The predicted octanol–water partition coefficient (Wildman–Crippen LogP) is 3.21. The fourth-order valence-corrected chi connectivity index (χ4v) is 4.98. The summed E-state index contributed by atoms with van der Waals surface area (Å²) in [5.74, 6) is 3.69. The summed E-state index contributed by atoms with van der Waals surface area (Å²) in [5, 5.41) is 3.64. The number of hydrogen-bond acceptors (Lipinski definition) is 2. The van der Waals surface area contributed by atoms with Crippen LogP contribution in [-0.4, -0.2) is 24.3 Å². The maximum Gasteiger partial charge on any atom is 0.0677 e. The average molecular weight is 251 g/mol. The van der Waals surface area contributed by atoms with Crippen molar-refractivity contribution in [1.29, 1.82) is 0 Å². The van der Waals surface area contributed by atoms with E-state index in [4.69, 9.17) is 4.74 Å². The second-order valence-corrected chi connectivity index (χ2v) is 8.08. The minimum Gasteiger partial charge on any atom is -0.369 e. The normalized spacial score (nSPS) is 45.8. The molecule has 4 unspecified atom stereocenters. The van der Waals surface area contributed by atoms with E-state index < -0.39 is 0 Å². The molecule has 2 aliphatic carbocycles. The van der Waals surface area contributed by atoms with E-state index in [0.29, 0.717) is 12.0 Å². The van der Waals surface area contributed by atoms with Gasteiger partial charge in [-0.05, 0) is 78.2 Å². The van der Waals surface area contributed by atoms with Crippen molar-refractivity contribution in [2.75, 3.05) is 7.05 Å². The highest BCUT2D eigenvalue weighted by Crippen LogP contribution is 2.57. The standard InChI is InChI=1S/C16H29NO/c1-15(2)9-13(16(3,4)18-15)14(17-5)12-7-10-6-11(10)8-12/h10-14,17H,6-9H2,1-5H3. The van der Waals surface area contributed by atoms with Crippen LogP contribution in [0.15, 0.2) is 0 Å². The van der Waals surface area contributed by atoms with Crippen LogP contribution in [0.1, 0.15) is 53.4 Å². The van der Waals surface area contributed by atoms with Gasteiger partial charge < -0.3 is 10.1 Å². The molecule has 1 aliphatic heterocycles. The van der Waals surface area contributed by atoms with Crippen LogP contribution in [0.5, 0.6) is 0 Å². The molecule has 18 heavy (non-hydrogen) atoms. The van der Waals surface area contributed by atoms with Gasteiger partial charge in [-0.15, -0.1) is 0 Å². The molecule has 3 aliphatic rings. The molecule has 3 rings (SSSR count). The van der Waals surface area contributed by atoms with E-state index in [1.165, 1.54) is 25.7 Å². The summed E-state index contributed by atoms with van der Waals surface area (Å²) in [6, 6.07) is 0.648. The summed E-state index contributed by atoms with van der Waals surface area (Å²) in [4.78, 5) is 0. The Morgan fingerprint density at radius 2 is 1.67 bits per heavy atom. The zero-order chi connectivity index (χ0) is 13.1. The summed E-state index contributed by atoms with van der Waals surface area (Å²) in [6.07, 6.45) is 5.63. The van der Waals surface area contributed by atoms with Crippen LogP contribution >= 0.6 is 0 Å². The van der Waals surface area contributed by atoms with Gasteiger partial charge in [-0.3, -0.25) is 0 Å². The number of ether oxygens (including phenoxy) is 1. The molecular formula is C16H29NO. The molecule has 1 N–H and O–H groups in total. The molecule has 0 bridgehead atoms. The largest absolute Gasteiger partial charge is 0.369 e. The summed E-state index contributed by atoms with van der Waals surface area (Å²) in [6.45, 7) is 9.06. The lowest BCUT2D eigenvalue weighted by Gasteiger charge is -2.36. The van der Waals surface area contributed by atoms with Crippen LogP contribution < -0.4 is 5.32 Å². The van der Waals surface area contributed by atoms with E-state index in [-0.39, 0.29) is 11.2 Å². The van der Waals surface area contributed by atoms with Crippen LogP contribution in [0, 0.1) is 23.7 Å². The van der Waals surface area contributed by atoms with E-state index in [1.807, 2.05) is 0 Å². The van der Waals surface area contributed by atoms with Gasteiger partial charge in [-0.2, -0.15) is 0 Å². The molecule has 0 amide bonds. The van der Waals surface area contributed by atoms with Gasteiger partial charge in [-0.25, -0.2) is 0 Å². The number of hydrogen-bond donors (Lipinski definition) is 1. The Labute approximate surface area is 112 Å². The molecule has 104 valence electrons. The average Bonchev–Trinajstić information content (AvgIpc) is 2.76. The fourth-order valence-electron chi connectivity index (χ4n) is 4.98. The molecule has 2 saturated carbocycles. The van der Waals surface area contributed by atoms with E-state index in [1.54, 1.807) is 0 Å². The van der Waals surface area contributed by atoms with Gasteiger partial charge in [0.05, 0.1) is 11.2 Å². The van der Waals surface area contributed by atoms with Gasteiger partial charge in [0.2, 0.25) is 0 Å². The predicted molar refractivity (Wildman–Crippen MR) is 74.5 cm³/mol. The Balaban J connectivity index is 1.75. The quantitative estimate of drug-likeness (QED) is 0.831. The first-order valence-electron chi connectivity index (χ1n) is 7.70. The highest BCUT2D eigenvalue weighted by Gasteiger charge is 2.54. The van der Waals surface area contributed by atoms with E-state index in [9.17, 15) is 0 Å². The molecule has 2 nitrogen and oxygen atoms in total. The van der Waals surface area contributed by atoms with Crippen LogP contribution in [0.2, 0.25) is 0 Å². The van der Waals surface area contributed by atoms with Crippen molar-refractivity contribution < 1.29 is 4.74 Å². The van der Waals surface area contributed by atoms with Crippen LogP contribution in [0.25, 0.3) is 0 Å². The molecular weight excluding hydrogens is 222 g/mol. The van der Waals surface area contributed by atoms with Gasteiger partial charge in [-0.1, -0.05) is 0 Å². The minimum absolute atomic E-state index is 0.0178. The zero-order valence-corrected chi connectivity index (χ0v) is 12.6. The first-order valence-corrected chi connectivity index (χ1v) is 7.70. The second kappa shape index (κ2) is 3.96. The first kappa shape index (κ1) is 12.9. The SMILES string of the molecule is CNC(C1CC2CC2C1)C1CC(C)(C)OC1(C)C. The first-order chi connectivity index (χ1) is 8.32. The minimum atomic E-state index is 0.0178. The molecule has 0 aromatic heterocycles. The highest BCUT2D eigenvalue weighted by molar-refractivity contribution is 5.06. The molecule has 0 radical (unpaired) electrons. The molecule has 4 atom stereocenters. The number of rotatable bonds is 3. The number of fused-ring (bicyclic) bond motifs is 1. The topological polar surface area (TPSA) is 21.3 Å². The fraction of sp³-hybridized carbons (Fsp3) is 1.00. The highest BCUT2D eigenvalue weighted by atomic mass is 16.5. The van der Waals surface area contributed by atoms with Crippen molar-refractivity contribution in [3.8, 4) is 0 Å². The lowest BCUT2D eigenvalue weighted by Crippen LogP contribution is -2.47. The van der Waals surface area contributed by atoms with Gasteiger partial charge in [0.15, 0.2) is 0 Å². The second-order valence-electron chi connectivity index (χ2n) is 8.08. The summed E-state index contributed by atoms with van der Waals surface area (Å²) in [7, 11) is 2.15. The smallest absolute Gasteiger partial charge is 0.0677 e. The third kappa shape index (κ3) is 2.12.